The quantitative estimate of drug-likeness (QED) is 0.0320. The Labute approximate surface area is 546 Å². The fourth-order valence-electron chi connectivity index (χ4n) is 13.2. The molecular weight excluding hydrogens is 1070 g/mol. The van der Waals surface area contributed by atoms with E-state index in [1.54, 1.807) is 0 Å². The van der Waals surface area contributed by atoms with Crippen LogP contribution in [-0.4, -0.2) is 47.4 Å². The highest BCUT2D eigenvalue weighted by molar-refractivity contribution is 5.76. The Morgan fingerprint density at radius 2 is 0.540 bits per heavy atom. The summed E-state index contributed by atoms with van der Waals surface area (Å²) in [7, 11) is 0. The van der Waals surface area contributed by atoms with Gasteiger partial charge in [-0.1, -0.05) is 418 Å². The van der Waals surface area contributed by atoms with Gasteiger partial charge in [-0.25, -0.2) is 0 Å². The molecule has 0 saturated heterocycles. The molecule has 0 fully saturated rings. The Morgan fingerprint density at radius 1 is 0.310 bits per heavy atom. The third kappa shape index (κ3) is 73.5. The van der Waals surface area contributed by atoms with Crippen LogP contribution in [0.15, 0.2) is 12.2 Å². The second-order valence-electron chi connectivity index (χ2n) is 28.1. The molecule has 0 spiro atoms. The van der Waals surface area contributed by atoms with Gasteiger partial charge in [0.05, 0.1) is 25.4 Å². The zero-order valence-electron chi connectivity index (χ0n) is 59.5. The lowest BCUT2D eigenvalue weighted by atomic mass is 10.0. The predicted octanol–water partition coefficient (Wildman–Crippen LogP) is 26.7. The van der Waals surface area contributed by atoms with Crippen molar-refractivity contribution in [2.75, 3.05) is 13.2 Å². The summed E-state index contributed by atoms with van der Waals surface area (Å²) >= 11 is 0. The molecule has 2 atom stereocenters. The van der Waals surface area contributed by atoms with Crippen LogP contribution in [0.25, 0.3) is 0 Å². The molecular formula is C81H159NO5. The van der Waals surface area contributed by atoms with Crippen molar-refractivity contribution in [1.82, 2.24) is 5.32 Å². The monoisotopic (exact) mass is 1230 g/mol. The molecule has 0 heterocycles. The van der Waals surface area contributed by atoms with E-state index in [4.69, 9.17) is 4.74 Å². The van der Waals surface area contributed by atoms with Crippen LogP contribution in [0.3, 0.4) is 0 Å². The van der Waals surface area contributed by atoms with E-state index >= 15 is 0 Å². The Hall–Kier alpha value is -1.40. The summed E-state index contributed by atoms with van der Waals surface area (Å²) in [5.41, 5.74) is 0. The Kier molecular flexibility index (Phi) is 75.8. The maximum atomic E-state index is 12.6. The fraction of sp³-hybridized carbons (Fsp3) is 0.951. The first-order valence-electron chi connectivity index (χ1n) is 40.4. The average molecular weight is 1230 g/mol. The number of hydrogen-bond donors (Lipinski definition) is 3. The lowest BCUT2D eigenvalue weighted by molar-refractivity contribution is -0.143. The summed E-state index contributed by atoms with van der Waals surface area (Å²) in [6, 6.07) is -0.538. The number of amides is 1. The molecule has 6 heteroatoms. The first-order chi connectivity index (χ1) is 43.0. The number of rotatable bonds is 77. The molecule has 3 N–H and O–H groups in total. The van der Waals surface area contributed by atoms with Gasteiger partial charge in [-0.15, -0.1) is 0 Å². The summed E-state index contributed by atoms with van der Waals surface area (Å²) in [6.07, 6.45) is 97.5. The fourth-order valence-corrected chi connectivity index (χ4v) is 13.2. The largest absolute Gasteiger partial charge is 0.466 e. The molecule has 1 amide bonds. The summed E-state index contributed by atoms with van der Waals surface area (Å²) in [4.78, 5) is 24.6. The third-order valence-electron chi connectivity index (χ3n) is 19.3. The molecule has 0 aromatic carbocycles. The molecule has 518 valence electrons. The van der Waals surface area contributed by atoms with Gasteiger partial charge >= 0.3 is 5.97 Å². The maximum Gasteiger partial charge on any atom is 0.305 e. The summed E-state index contributed by atoms with van der Waals surface area (Å²) in [6.45, 7) is 5.01. The Morgan fingerprint density at radius 3 is 0.816 bits per heavy atom. The van der Waals surface area contributed by atoms with Crippen molar-refractivity contribution < 1.29 is 24.5 Å². The first-order valence-corrected chi connectivity index (χ1v) is 40.4. The molecule has 0 aromatic rings. The van der Waals surface area contributed by atoms with Gasteiger partial charge < -0.3 is 20.3 Å². The lowest BCUT2D eigenvalue weighted by Gasteiger charge is -2.22. The Balaban J connectivity index is 3.32. The van der Waals surface area contributed by atoms with Gasteiger partial charge in [0, 0.05) is 12.8 Å². The number of aliphatic hydroxyl groups excluding tert-OH is 2. The minimum Gasteiger partial charge on any atom is -0.466 e. The van der Waals surface area contributed by atoms with Crippen LogP contribution in [-0.2, 0) is 14.3 Å². The van der Waals surface area contributed by atoms with Crippen molar-refractivity contribution in [3.63, 3.8) is 0 Å². The highest BCUT2D eigenvalue weighted by Gasteiger charge is 2.20. The number of carbonyl (C=O) groups is 2. The van der Waals surface area contributed by atoms with Crippen LogP contribution in [0.4, 0.5) is 0 Å². The van der Waals surface area contributed by atoms with E-state index in [1.807, 2.05) is 0 Å². The van der Waals surface area contributed by atoms with Crippen molar-refractivity contribution in [2.24, 2.45) is 0 Å². The van der Waals surface area contributed by atoms with Crippen LogP contribution in [0.1, 0.15) is 470 Å². The smallest absolute Gasteiger partial charge is 0.305 e. The van der Waals surface area contributed by atoms with Crippen molar-refractivity contribution in [1.29, 1.82) is 0 Å². The zero-order valence-corrected chi connectivity index (χ0v) is 59.5. The number of ether oxygens (including phenoxy) is 1. The van der Waals surface area contributed by atoms with Crippen molar-refractivity contribution in [2.45, 2.75) is 482 Å². The van der Waals surface area contributed by atoms with Crippen LogP contribution in [0, 0.1) is 0 Å². The standard InChI is InChI=1S/C81H159NO5/c1-3-5-7-9-11-13-15-16-17-18-19-41-44-47-50-54-57-61-65-69-73-79(84)78(77-83)82-80(85)74-70-66-62-58-55-51-48-45-42-39-37-35-33-31-29-27-25-23-21-20-22-24-26-28-30-32-34-36-38-40-43-46-49-52-56-60-64-68-72-76-87-81(86)75-71-67-63-59-53-14-12-10-8-6-4-2/h20-21,78-79,83-84H,3-19,22-77H2,1-2H3,(H,82,85)/b21-20-. The maximum absolute atomic E-state index is 12.6. The van der Waals surface area contributed by atoms with Crippen molar-refractivity contribution >= 4 is 11.9 Å². The molecule has 0 rings (SSSR count). The van der Waals surface area contributed by atoms with Gasteiger partial charge in [-0.05, 0) is 51.4 Å². The van der Waals surface area contributed by atoms with E-state index in [0.717, 1.165) is 38.5 Å². The molecule has 87 heavy (non-hydrogen) atoms. The molecule has 0 radical (unpaired) electrons. The van der Waals surface area contributed by atoms with E-state index in [1.165, 1.54) is 398 Å². The SMILES string of the molecule is CCCCCCCCCCCCCCCCCCCCCCC(O)C(CO)NC(=O)CCCCCCCCCCCCCCCCCCC/C=C\CCCCCCCCCCCCCCCCCCCCOC(=O)CCCCCCCCCCCCC. The molecule has 0 aromatic heterocycles. The number of esters is 1. The molecule has 0 aliphatic rings. The number of allylic oxidation sites excluding steroid dienone is 2. The summed E-state index contributed by atoms with van der Waals surface area (Å²) < 4.78 is 5.48. The van der Waals surface area contributed by atoms with Gasteiger partial charge in [-0.2, -0.15) is 0 Å². The summed E-state index contributed by atoms with van der Waals surface area (Å²) in [5, 5.41) is 23.4. The molecule has 0 aliphatic carbocycles. The van der Waals surface area contributed by atoms with Gasteiger partial charge in [0.1, 0.15) is 0 Å². The van der Waals surface area contributed by atoms with Crippen molar-refractivity contribution in [3.8, 4) is 0 Å². The van der Waals surface area contributed by atoms with E-state index in [0.29, 0.717) is 25.9 Å². The normalized spacial score (nSPS) is 12.5. The molecule has 0 bridgehead atoms. The second kappa shape index (κ2) is 77.1. The van der Waals surface area contributed by atoms with Crippen LogP contribution in [0.5, 0.6) is 0 Å². The molecule has 2 unspecified atom stereocenters. The Bertz CT molecular complexity index is 1320. The summed E-state index contributed by atoms with van der Waals surface area (Å²) in [5.74, 6) is -0.00184. The first kappa shape index (κ1) is 85.6. The number of unbranched alkanes of at least 4 members (excludes halogenated alkanes) is 64. The topological polar surface area (TPSA) is 95.9 Å². The van der Waals surface area contributed by atoms with Gasteiger partial charge in [-0.3, -0.25) is 9.59 Å². The minimum absolute atomic E-state index is 0.0232. The molecule has 0 saturated carbocycles. The van der Waals surface area contributed by atoms with Crippen LogP contribution >= 0.6 is 0 Å². The zero-order chi connectivity index (χ0) is 62.8. The van der Waals surface area contributed by atoms with E-state index < -0.39 is 12.1 Å². The third-order valence-corrected chi connectivity index (χ3v) is 19.3. The van der Waals surface area contributed by atoms with Gasteiger partial charge in [0.15, 0.2) is 0 Å². The van der Waals surface area contributed by atoms with E-state index in [2.05, 4.69) is 31.3 Å². The predicted molar refractivity (Wildman–Crippen MR) is 384 cm³/mol. The van der Waals surface area contributed by atoms with E-state index in [-0.39, 0.29) is 18.5 Å². The van der Waals surface area contributed by atoms with E-state index in [9.17, 15) is 19.8 Å². The number of hydrogen-bond acceptors (Lipinski definition) is 5. The highest BCUT2D eigenvalue weighted by atomic mass is 16.5. The number of aliphatic hydroxyl groups is 2. The second-order valence-corrected chi connectivity index (χ2v) is 28.1. The average Bonchev–Trinajstić information content (AvgIpc) is 3.52. The van der Waals surface area contributed by atoms with Crippen molar-refractivity contribution in [3.05, 3.63) is 12.2 Å². The molecule has 0 aliphatic heterocycles. The minimum atomic E-state index is -0.661. The highest BCUT2D eigenvalue weighted by Crippen LogP contribution is 2.20. The van der Waals surface area contributed by atoms with Crippen LogP contribution in [0.2, 0.25) is 0 Å². The van der Waals surface area contributed by atoms with Gasteiger partial charge in [0.25, 0.3) is 0 Å². The molecule has 6 nitrogen and oxygen atoms in total. The van der Waals surface area contributed by atoms with Gasteiger partial charge in [0.2, 0.25) is 5.91 Å². The van der Waals surface area contributed by atoms with Crippen LogP contribution < -0.4 is 5.32 Å². The number of carbonyl (C=O) groups excluding carboxylic acids is 2. The lowest BCUT2D eigenvalue weighted by Crippen LogP contribution is -2.45. The number of nitrogens with one attached hydrogen (secondary N) is 1.